The summed E-state index contributed by atoms with van der Waals surface area (Å²) in [7, 11) is 0. The smallest absolute Gasteiger partial charge is 0.411 e. The topological polar surface area (TPSA) is 69.7 Å². The molecule has 0 unspecified atom stereocenters. The number of carbonyl (C=O) groups is 2. The molecule has 1 aromatic rings. The van der Waals surface area contributed by atoms with Gasteiger partial charge in [-0.2, -0.15) is 0 Å². The molecule has 126 valence electrons. The Kier molecular flexibility index (Phi) is 4.63. The second kappa shape index (κ2) is 6.18. The summed E-state index contributed by atoms with van der Waals surface area (Å²) in [5.74, 6) is -1.79. The number of hydrogen-bond donors (Lipinski definition) is 0. The number of hydrogen-bond acceptors (Lipinski definition) is 4. The second-order valence-electron chi connectivity index (χ2n) is 6.86. The van der Waals surface area contributed by atoms with Crippen molar-refractivity contribution in [3.63, 3.8) is 0 Å². The van der Waals surface area contributed by atoms with Crippen LogP contribution in [0.15, 0.2) is 24.3 Å². The Hall–Kier alpha value is -2.11. The number of ether oxygens (including phenoxy) is 1. The minimum absolute atomic E-state index is 0.00760. The molecule has 0 aliphatic carbocycles. The van der Waals surface area contributed by atoms with Gasteiger partial charge in [0.15, 0.2) is 0 Å². The number of carboxylic acids is 1. The average molecular weight is 322 g/mol. The van der Waals surface area contributed by atoms with Gasteiger partial charge in [0.05, 0.1) is 11.5 Å². The fourth-order valence-corrected chi connectivity index (χ4v) is 2.91. The summed E-state index contributed by atoms with van der Waals surface area (Å²) in [6, 6.07) is 5.71. The Morgan fingerprint density at radius 2 is 2.09 bits per heavy atom. The first kappa shape index (κ1) is 17.2. The van der Waals surface area contributed by atoms with Crippen molar-refractivity contribution in [1.29, 1.82) is 0 Å². The third-order valence-electron chi connectivity index (χ3n) is 3.87. The fraction of sp³-hybridized carbons (Fsp3) is 0.529. The van der Waals surface area contributed by atoms with E-state index in [1.165, 1.54) is 23.1 Å². The molecule has 1 fully saturated rings. The fourth-order valence-electron chi connectivity index (χ4n) is 2.91. The van der Waals surface area contributed by atoms with Crippen molar-refractivity contribution in [3.05, 3.63) is 35.6 Å². The van der Waals surface area contributed by atoms with Crippen LogP contribution >= 0.6 is 0 Å². The first-order valence-corrected chi connectivity index (χ1v) is 7.61. The molecule has 1 saturated heterocycles. The molecule has 0 spiro atoms. The molecule has 0 aromatic heterocycles. The molecular formula is C17H21FNO4-. The molecule has 1 atom stereocenters. The van der Waals surface area contributed by atoms with E-state index in [1.54, 1.807) is 26.8 Å². The quantitative estimate of drug-likeness (QED) is 0.852. The molecule has 1 aliphatic rings. The van der Waals surface area contributed by atoms with Crippen LogP contribution in [0.4, 0.5) is 9.18 Å². The number of carboxylic acid groups (broad SMARTS) is 1. The van der Waals surface area contributed by atoms with Gasteiger partial charge in [0, 0.05) is 13.0 Å². The van der Waals surface area contributed by atoms with Gasteiger partial charge in [-0.1, -0.05) is 12.1 Å². The van der Waals surface area contributed by atoms with Gasteiger partial charge in [0.1, 0.15) is 11.4 Å². The van der Waals surface area contributed by atoms with Gasteiger partial charge in [0.25, 0.3) is 0 Å². The van der Waals surface area contributed by atoms with Crippen LogP contribution in [-0.4, -0.2) is 34.6 Å². The summed E-state index contributed by atoms with van der Waals surface area (Å²) in [6.45, 7) is 5.43. The van der Waals surface area contributed by atoms with Crippen molar-refractivity contribution in [1.82, 2.24) is 4.90 Å². The lowest BCUT2D eigenvalue weighted by Crippen LogP contribution is -2.60. The predicted octanol–water partition coefficient (Wildman–Crippen LogP) is 1.89. The minimum atomic E-state index is -1.50. The van der Waals surface area contributed by atoms with Crippen molar-refractivity contribution < 1.29 is 23.8 Å². The van der Waals surface area contributed by atoms with Gasteiger partial charge < -0.3 is 14.6 Å². The van der Waals surface area contributed by atoms with Crippen LogP contribution in [0.2, 0.25) is 0 Å². The summed E-state index contributed by atoms with van der Waals surface area (Å²) < 4.78 is 18.7. The van der Waals surface area contributed by atoms with E-state index in [-0.39, 0.29) is 19.4 Å². The number of likely N-dealkylation sites (tertiary alicyclic amines) is 1. The highest BCUT2D eigenvalue weighted by Crippen LogP contribution is 2.34. The number of rotatable bonds is 3. The average Bonchev–Trinajstić information content (AvgIpc) is 2.82. The molecule has 1 aliphatic heterocycles. The van der Waals surface area contributed by atoms with Crippen LogP contribution in [0, 0.1) is 5.82 Å². The van der Waals surface area contributed by atoms with E-state index in [9.17, 15) is 19.1 Å². The monoisotopic (exact) mass is 322 g/mol. The lowest BCUT2D eigenvalue weighted by molar-refractivity contribution is -0.317. The zero-order chi connectivity index (χ0) is 17.3. The lowest BCUT2D eigenvalue weighted by Gasteiger charge is -2.40. The Bertz CT molecular complexity index is 611. The molecular weight excluding hydrogens is 301 g/mol. The molecule has 0 bridgehead atoms. The Labute approximate surface area is 135 Å². The highest BCUT2D eigenvalue weighted by atomic mass is 19.1. The number of halogens is 1. The molecule has 0 saturated carbocycles. The zero-order valence-electron chi connectivity index (χ0n) is 13.6. The van der Waals surface area contributed by atoms with Crippen molar-refractivity contribution in [2.75, 3.05) is 6.54 Å². The molecule has 1 aromatic carbocycles. The maximum Gasteiger partial charge on any atom is 0.411 e. The Balaban J connectivity index is 2.31. The standard InChI is InChI=1S/C17H22FNO4/c1-16(2,3)23-15(22)19-9-5-8-17(19,14(20)21)11-12-6-4-7-13(18)10-12/h4,6-7,10H,5,8-9,11H2,1-3H3,(H,20,21)/p-1/t17-/m1/s1. The van der Waals surface area contributed by atoms with Crippen LogP contribution < -0.4 is 5.11 Å². The molecule has 1 heterocycles. The van der Waals surface area contributed by atoms with Crippen LogP contribution in [0.3, 0.4) is 0 Å². The maximum atomic E-state index is 13.4. The van der Waals surface area contributed by atoms with Crippen molar-refractivity contribution in [2.45, 2.75) is 51.2 Å². The van der Waals surface area contributed by atoms with Crippen molar-refractivity contribution >= 4 is 12.1 Å². The highest BCUT2D eigenvalue weighted by molar-refractivity contribution is 5.84. The van der Waals surface area contributed by atoms with Gasteiger partial charge in [0.2, 0.25) is 0 Å². The normalized spacial score (nSPS) is 21.3. The predicted molar refractivity (Wildman–Crippen MR) is 80.0 cm³/mol. The highest BCUT2D eigenvalue weighted by Gasteiger charge is 2.46. The van der Waals surface area contributed by atoms with Crippen molar-refractivity contribution in [3.8, 4) is 0 Å². The largest absolute Gasteiger partial charge is 0.548 e. The second-order valence-corrected chi connectivity index (χ2v) is 6.86. The molecule has 0 radical (unpaired) electrons. The lowest BCUT2D eigenvalue weighted by atomic mass is 9.88. The molecule has 1 amide bonds. The van der Waals surface area contributed by atoms with Gasteiger partial charge in [-0.3, -0.25) is 4.90 Å². The number of nitrogens with zero attached hydrogens (tertiary/aromatic N) is 1. The molecule has 5 nitrogen and oxygen atoms in total. The van der Waals surface area contributed by atoms with Crippen LogP contribution in [0.5, 0.6) is 0 Å². The van der Waals surface area contributed by atoms with Gasteiger partial charge >= 0.3 is 6.09 Å². The van der Waals surface area contributed by atoms with Crippen LogP contribution in [-0.2, 0) is 16.0 Å². The molecule has 0 N–H and O–H groups in total. The first-order valence-electron chi connectivity index (χ1n) is 7.61. The molecule has 2 rings (SSSR count). The number of benzene rings is 1. The van der Waals surface area contributed by atoms with E-state index in [0.29, 0.717) is 12.0 Å². The Morgan fingerprint density at radius 1 is 1.39 bits per heavy atom. The molecule has 23 heavy (non-hydrogen) atoms. The zero-order valence-corrected chi connectivity index (χ0v) is 13.6. The first-order chi connectivity index (χ1) is 10.6. The summed E-state index contributed by atoms with van der Waals surface area (Å²) in [5, 5.41) is 11.8. The van der Waals surface area contributed by atoms with Crippen molar-refractivity contribution in [2.24, 2.45) is 0 Å². The summed E-state index contributed by atoms with van der Waals surface area (Å²) in [4.78, 5) is 25.4. The number of carbonyl (C=O) groups excluding carboxylic acids is 2. The van der Waals surface area contributed by atoms with Crippen LogP contribution in [0.1, 0.15) is 39.2 Å². The van der Waals surface area contributed by atoms with Gasteiger partial charge in [-0.15, -0.1) is 0 Å². The number of aliphatic carboxylic acids is 1. The van der Waals surface area contributed by atoms with E-state index < -0.39 is 29.0 Å². The minimum Gasteiger partial charge on any atom is -0.548 e. The third-order valence-corrected chi connectivity index (χ3v) is 3.87. The number of amides is 1. The SMILES string of the molecule is CC(C)(C)OC(=O)N1CCC[C@@]1(Cc1cccc(F)c1)C(=O)[O-]. The van der Waals surface area contributed by atoms with E-state index in [0.717, 1.165) is 0 Å². The summed E-state index contributed by atoms with van der Waals surface area (Å²) >= 11 is 0. The van der Waals surface area contributed by atoms with Gasteiger partial charge in [-0.05, 0) is 51.3 Å². The van der Waals surface area contributed by atoms with E-state index in [2.05, 4.69) is 0 Å². The third kappa shape index (κ3) is 3.81. The molecule has 6 heteroatoms. The van der Waals surface area contributed by atoms with E-state index in [4.69, 9.17) is 4.74 Å². The van der Waals surface area contributed by atoms with E-state index in [1.807, 2.05) is 0 Å². The van der Waals surface area contributed by atoms with Crippen LogP contribution in [0.25, 0.3) is 0 Å². The van der Waals surface area contributed by atoms with Gasteiger partial charge in [-0.25, -0.2) is 9.18 Å². The Morgan fingerprint density at radius 3 is 2.65 bits per heavy atom. The van der Waals surface area contributed by atoms with E-state index >= 15 is 0 Å². The summed E-state index contributed by atoms with van der Waals surface area (Å²) in [5.41, 5.74) is -1.73. The summed E-state index contributed by atoms with van der Waals surface area (Å²) in [6.07, 6.45) is 0.0931. The maximum absolute atomic E-state index is 13.4.